The molecule has 0 aromatic carbocycles. The number of aromatic nitrogens is 1. The lowest BCUT2D eigenvalue weighted by molar-refractivity contribution is -0.117. The molecule has 82 valence electrons. The minimum Gasteiger partial charge on any atom is -0.324 e. The van der Waals surface area contributed by atoms with Crippen LogP contribution in [-0.4, -0.2) is 16.9 Å². The van der Waals surface area contributed by atoms with Gasteiger partial charge in [-0.25, -0.2) is 0 Å². The van der Waals surface area contributed by atoms with Gasteiger partial charge in [-0.1, -0.05) is 13.3 Å². The molecular weight excluding hydrogens is 258 g/mol. The fourth-order valence-corrected chi connectivity index (χ4v) is 1.49. The van der Waals surface area contributed by atoms with Crippen LogP contribution in [0.2, 0.25) is 0 Å². The summed E-state index contributed by atoms with van der Waals surface area (Å²) in [7, 11) is 0. The molecule has 0 bridgehead atoms. The summed E-state index contributed by atoms with van der Waals surface area (Å²) in [5, 5.41) is 2.74. The molecule has 0 aliphatic carbocycles. The number of carbonyl (C=O) groups is 1. The van der Waals surface area contributed by atoms with Crippen LogP contribution in [-0.2, 0) is 4.79 Å². The first-order chi connectivity index (χ1) is 7.15. The van der Waals surface area contributed by atoms with Crippen molar-refractivity contribution in [2.75, 3.05) is 5.32 Å². The molecule has 0 spiro atoms. The second-order valence-electron chi connectivity index (χ2n) is 3.24. The van der Waals surface area contributed by atoms with E-state index >= 15 is 0 Å². The zero-order valence-electron chi connectivity index (χ0n) is 8.53. The number of carbonyl (C=O) groups excluding carboxylic acids is 1. The number of hydrogen-bond acceptors (Lipinski definition) is 3. The van der Waals surface area contributed by atoms with E-state index in [4.69, 9.17) is 5.73 Å². The van der Waals surface area contributed by atoms with Gasteiger partial charge in [-0.2, -0.15) is 0 Å². The average Bonchev–Trinajstić information content (AvgIpc) is 2.21. The van der Waals surface area contributed by atoms with Crippen LogP contribution in [0.3, 0.4) is 0 Å². The number of anilines is 1. The van der Waals surface area contributed by atoms with Gasteiger partial charge in [0, 0.05) is 12.4 Å². The number of pyridine rings is 1. The van der Waals surface area contributed by atoms with E-state index in [9.17, 15) is 4.79 Å². The lowest BCUT2D eigenvalue weighted by Crippen LogP contribution is -2.35. The van der Waals surface area contributed by atoms with Crippen LogP contribution in [0.25, 0.3) is 0 Å². The van der Waals surface area contributed by atoms with Crippen LogP contribution < -0.4 is 11.1 Å². The van der Waals surface area contributed by atoms with Gasteiger partial charge >= 0.3 is 0 Å². The van der Waals surface area contributed by atoms with Crippen molar-refractivity contribution in [3.63, 3.8) is 0 Å². The van der Waals surface area contributed by atoms with E-state index in [-0.39, 0.29) is 5.91 Å². The zero-order chi connectivity index (χ0) is 11.3. The predicted molar refractivity (Wildman–Crippen MR) is 63.5 cm³/mol. The molecule has 5 heteroatoms. The standard InChI is InChI=1S/C10H14BrN3O/c1-2-3-8(12)10(15)14-9-4-5-13-6-7(9)11/h4-6,8H,2-3,12H2,1H3,(H,13,14,15). The predicted octanol–water partition coefficient (Wildman–Crippen LogP) is 1.91. The number of rotatable bonds is 4. The van der Waals surface area contributed by atoms with Crippen molar-refractivity contribution in [3.8, 4) is 0 Å². The van der Waals surface area contributed by atoms with Crippen LogP contribution in [0, 0.1) is 0 Å². The minimum atomic E-state index is -0.449. The third kappa shape index (κ3) is 3.60. The van der Waals surface area contributed by atoms with E-state index in [0.29, 0.717) is 12.1 Å². The summed E-state index contributed by atoms with van der Waals surface area (Å²) >= 11 is 3.29. The van der Waals surface area contributed by atoms with Crippen LogP contribution in [0.15, 0.2) is 22.9 Å². The molecule has 4 nitrogen and oxygen atoms in total. The van der Waals surface area contributed by atoms with Crippen molar-refractivity contribution < 1.29 is 4.79 Å². The summed E-state index contributed by atoms with van der Waals surface area (Å²) in [6, 6.07) is 1.27. The second-order valence-corrected chi connectivity index (χ2v) is 4.09. The van der Waals surface area contributed by atoms with Crippen molar-refractivity contribution >= 4 is 27.5 Å². The zero-order valence-corrected chi connectivity index (χ0v) is 10.1. The van der Waals surface area contributed by atoms with Gasteiger partial charge in [-0.05, 0) is 28.4 Å². The van der Waals surface area contributed by atoms with E-state index in [1.807, 2.05) is 6.92 Å². The first-order valence-electron chi connectivity index (χ1n) is 4.81. The Morgan fingerprint density at radius 3 is 3.07 bits per heavy atom. The van der Waals surface area contributed by atoms with E-state index in [1.54, 1.807) is 18.5 Å². The van der Waals surface area contributed by atoms with Crippen LogP contribution in [0.4, 0.5) is 5.69 Å². The van der Waals surface area contributed by atoms with Crippen molar-refractivity contribution in [1.29, 1.82) is 0 Å². The lowest BCUT2D eigenvalue weighted by Gasteiger charge is -2.11. The third-order valence-electron chi connectivity index (χ3n) is 1.97. The minimum absolute atomic E-state index is 0.163. The quantitative estimate of drug-likeness (QED) is 0.879. The van der Waals surface area contributed by atoms with E-state index < -0.39 is 6.04 Å². The number of nitrogens with zero attached hydrogens (tertiary/aromatic N) is 1. The van der Waals surface area contributed by atoms with Gasteiger partial charge in [0.05, 0.1) is 16.2 Å². The van der Waals surface area contributed by atoms with Crippen molar-refractivity contribution in [2.45, 2.75) is 25.8 Å². The van der Waals surface area contributed by atoms with Crippen LogP contribution in [0.1, 0.15) is 19.8 Å². The highest BCUT2D eigenvalue weighted by Crippen LogP contribution is 2.19. The highest BCUT2D eigenvalue weighted by Gasteiger charge is 2.13. The van der Waals surface area contributed by atoms with Gasteiger partial charge in [0.25, 0.3) is 0 Å². The summed E-state index contributed by atoms with van der Waals surface area (Å²) < 4.78 is 0.752. The Bertz CT molecular complexity index is 343. The highest BCUT2D eigenvalue weighted by atomic mass is 79.9. The molecule has 1 aromatic rings. The average molecular weight is 272 g/mol. The van der Waals surface area contributed by atoms with Crippen LogP contribution in [0.5, 0.6) is 0 Å². The first kappa shape index (κ1) is 12.1. The number of nitrogens with one attached hydrogen (secondary N) is 1. The largest absolute Gasteiger partial charge is 0.324 e. The van der Waals surface area contributed by atoms with Gasteiger partial charge in [-0.15, -0.1) is 0 Å². The molecule has 1 amide bonds. The molecule has 1 aromatic heterocycles. The molecule has 0 aliphatic heterocycles. The van der Waals surface area contributed by atoms with Crippen molar-refractivity contribution in [2.24, 2.45) is 5.73 Å². The molecule has 1 rings (SSSR count). The Labute approximate surface area is 97.4 Å². The third-order valence-corrected chi connectivity index (χ3v) is 2.60. The van der Waals surface area contributed by atoms with Gasteiger partial charge < -0.3 is 11.1 Å². The SMILES string of the molecule is CCCC(N)C(=O)Nc1ccncc1Br. The highest BCUT2D eigenvalue weighted by molar-refractivity contribution is 9.10. The fourth-order valence-electron chi connectivity index (χ4n) is 1.14. The molecule has 1 unspecified atom stereocenters. The molecule has 0 fully saturated rings. The Hall–Kier alpha value is -0.940. The monoisotopic (exact) mass is 271 g/mol. The molecule has 0 radical (unpaired) electrons. The Morgan fingerprint density at radius 1 is 1.73 bits per heavy atom. The molecule has 1 atom stereocenters. The van der Waals surface area contributed by atoms with E-state index in [1.165, 1.54) is 0 Å². The Morgan fingerprint density at radius 2 is 2.47 bits per heavy atom. The van der Waals surface area contributed by atoms with Crippen molar-refractivity contribution in [3.05, 3.63) is 22.9 Å². The maximum atomic E-state index is 11.6. The molecule has 0 saturated heterocycles. The van der Waals surface area contributed by atoms with Gasteiger partial charge in [0.1, 0.15) is 0 Å². The summed E-state index contributed by atoms with van der Waals surface area (Å²) in [5.74, 6) is -0.163. The smallest absolute Gasteiger partial charge is 0.241 e. The summed E-state index contributed by atoms with van der Waals surface area (Å²) in [5.41, 5.74) is 6.38. The first-order valence-corrected chi connectivity index (χ1v) is 5.60. The summed E-state index contributed by atoms with van der Waals surface area (Å²) in [4.78, 5) is 15.5. The molecule has 3 N–H and O–H groups in total. The van der Waals surface area contributed by atoms with E-state index in [0.717, 1.165) is 10.9 Å². The van der Waals surface area contributed by atoms with Gasteiger partial charge in [-0.3, -0.25) is 9.78 Å². The molecular formula is C10H14BrN3O. The molecule has 0 aliphatic rings. The number of halogens is 1. The molecule has 0 saturated carbocycles. The molecule has 1 heterocycles. The summed E-state index contributed by atoms with van der Waals surface area (Å²) in [6.45, 7) is 2.00. The number of nitrogens with two attached hydrogens (primary N) is 1. The maximum absolute atomic E-state index is 11.6. The Balaban J connectivity index is 2.62. The van der Waals surface area contributed by atoms with E-state index in [2.05, 4.69) is 26.2 Å². The van der Waals surface area contributed by atoms with Gasteiger partial charge in [0.15, 0.2) is 0 Å². The normalized spacial score (nSPS) is 12.2. The fraction of sp³-hybridized carbons (Fsp3) is 0.400. The second kappa shape index (κ2) is 5.82. The maximum Gasteiger partial charge on any atom is 0.241 e. The summed E-state index contributed by atoms with van der Waals surface area (Å²) in [6.07, 6.45) is 4.83. The molecule has 15 heavy (non-hydrogen) atoms. The number of hydrogen-bond donors (Lipinski definition) is 2. The van der Waals surface area contributed by atoms with Crippen LogP contribution >= 0.6 is 15.9 Å². The van der Waals surface area contributed by atoms with Crippen molar-refractivity contribution in [1.82, 2.24) is 4.98 Å². The lowest BCUT2D eigenvalue weighted by atomic mass is 10.1. The Kier molecular flexibility index (Phi) is 4.71. The van der Waals surface area contributed by atoms with Gasteiger partial charge in [0.2, 0.25) is 5.91 Å². The topological polar surface area (TPSA) is 68.0 Å². The number of amides is 1.